The summed E-state index contributed by atoms with van der Waals surface area (Å²) >= 11 is 1.45. The lowest BCUT2D eigenvalue weighted by Gasteiger charge is -1.69. The zero-order chi connectivity index (χ0) is 4.28. The molecular formula is C2H2FIO. The van der Waals surface area contributed by atoms with Gasteiger partial charge in [0.05, 0.1) is 0 Å². The van der Waals surface area contributed by atoms with Crippen molar-refractivity contribution in [3.63, 3.8) is 0 Å². The van der Waals surface area contributed by atoms with Crippen LogP contribution in [-0.4, -0.2) is 5.11 Å². The van der Waals surface area contributed by atoms with Crippen LogP contribution in [0, 0.1) is 0 Å². The summed E-state index contributed by atoms with van der Waals surface area (Å²) in [5.74, 6) is 0. The van der Waals surface area contributed by atoms with Gasteiger partial charge in [-0.2, -0.15) is 0 Å². The molecule has 0 saturated carbocycles. The first-order valence-corrected chi connectivity index (χ1v) is 2.00. The van der Waals surface area contributed by atoms with E-state index in [2.05, 4.69) is 0 Å². The van der Waals surface area contributed by atoms with Crippen molar-refractivity contribution in [2.24, 2.45) is 0 Å². The molecule has 0 saturated heterocycles. The summed E-state index contributed by atoms with van der Waals surface area (Å²) in [7, 11) is 0. The smallest absolute Gasteiger partial charge is 0.182 e. The van der Waals surface area contributed by atoms with Gasteiger partial charge in [-0.05, 0) is 0 Å². The van der Waals surface area contributed by atoms with Crippen molar-refractivity contribution < 1.29 is 9.50 Å². The van der Waals surface area contributed by atoms with Gasteiger partial charge in [-0.15, -0.1) is 0 Å². The van der Waals surface area contributed by atoms with E-state index < -0.39 is 0 Å². The van der Waals surface area contributed by atoms with Gasteiger partial charge >= 0.3 is 0 Å². The first-order valence-electron chi connectivity index (χ1n) is 0.919. The van der Waals surface area contributed by atoms with E-state index in [1.54, 1.807) is 0 Å². The first kappa shape index (κ1) is 5.20. The molecule has 1 N–H and O–H groups in total. The minimum atomic E-state index is -0.317. The molecule has 0 aromatic heterocycles. The highest BCUT2D eigenvalue weighted by Crippen LogP contribution is 1.96. The van der Waals surface area contributed by atoms with Crippen LogP contribution in [0.25, 0.3) is 0 Å². The van der Waals surface area contributed by atoms with Crippen molar-refractivity contribution in [2.45, 2.75) is 0 Å². The third kappa shape index (κ3) is 4.20. The van der Waals surface area contributed by atoms with Crippen molar-refractivity contribution >= 4 is 22.6 Å². The number of hydrogen-bond acceptors (Lipinski definition) is 1. The summed E-state index contributed by atoms with van der Waals surface area (Å²) in [6.07, 6.45) is 0.126. The van der Waals surface area contributed by atoms with E-state index in [1.165, 1.54) is 22.6 Å². The molecule has 1 nitrogen and oxygen atoms in total. The SMILES string of the molecule is OC(I)=CF. The Bertz CT molecular complexity index is 47.6. The molecule has 0 spiro atoms. The highest BCUT2D eigenvalue weighted by molar-refractivity contribution is 14.1. The third-order valence-corrected chi connectivity index (χ3v) is 0.325. The molecule has 3 heteroatoms. The fourth-order valence-corrected chi connectivity index (χ4v) is 0. The molecule has 0 amide bonds. The molecular weight excluding hydrogens is 186 g/mol. The maximum atomic E-state index is 10.7. The Balaban J connectivity index is 3.14. The van der Waals surface area contributed by atoms with Gasteiger partial charge in [-0.3, -0.25) is 0 Å². The molecule has 0 aliphatic heterocycles. The molecule has 0 radical (unpaired) electrons. The highest BCUT2D eigenvalue weighted by Gasteiger charge is 1.70. The third-order valence-electron chi connectivity index (χ3n) is 0.0900. The second kappa shape index (κ2) is 2.44. The van der Waals surface area contributed by atoms with E-state index in [4.69, 9.17) is 5.11 Å². The van der Waals surface area contributed by atoms with Gasteiger partial charge in [0, 0.05) is 22.6 Å². The van der Waals surface area contributed by atoms with Gasteiger partial charge < -0.3 is 5.11 Å². The van der Waals surface area contributed by atoms with E-state index in [9.17, 15) is 4.39 Å². The van der Waals surface area contributed by atoms with Crippen LogP contribution in [0.15, 0.2) is 10.1 Å². The summed E-state index contributed by atoms with van der Waals surface area (Å²) < 4.78 is 10.4. The minimum absolute atomic E-state index is 0.126. The zero-order valence-corrected chi connectivity index (χ0v) is 4.44. The average Bonchev–Trinajstić information content (AvgIpc) is 1.38. The van der Waals surface area contributed by atoms with E-state index >= 15 is 0 Å². The average molecular weight is 188 g/mol. The van der Waals surface area contributed by atoms with Crippen LogP contribution in [0.4, 0.5) is 4.39 Å². The fourth-order valence-electron chi connectivity index (χ4n) is 0. The lowest BCUT2D eigenvalue weighted by Crippen LogP contribution is -1.51. The molecule has 0 bridgehead atoms. The van der Waals surface area contributed by atoms with E-state index in [-0.39, 0.29) is 10.1 Å². The predicted molar refractivity (Wildman–Crippen MR) is 25.8 cm³/mol. The number of aliphatic hydroxyl groups is 1. The number of rotatable bonds is 0. The number of aliphatic hydroxyl groups excluding tert-OH is 1. The van der Waals surface area contributed by atoms with Crippen molar-refractivity contribution in [3.05, 3.63) is 10.1 Å². The molecule has 0 heterocycles. The largest absolute Gasteiger partial charge is 0.501 e. The van der Waals surface area contributed by atoms with Crippen LogP contribution < -0.4 is 0 Å². The number of hydrogen-bond donors (Lipinski definition) is 1. The zero-order valence-electron chi connectivity index (χ0n) is 2.28. The van der Waals surface area contributed by atoms with Crippen LogP contribution in [0.5, 0.6) is 0 Å². The van der Waals surface area contributed by atoms with Gasteiger partial charge in [0.15, 0.2) is 3.77 Å². The normalized spacial score (nSPS) is 12.0. The maximum Gasteiger partial charge on any atom is 0.182 e. The van der Waals surface area contributed by atoms with E-state index in [0.29, 0.717) is 0 Å². The topological polar surface area (TPSA) is 20.2 Å². The lowest BCUT2D eigenvalue weighted by atomic mass is 11.1. The summed E-state index contributed by atoms with van der Waals surface area (Å²) in [6, 6.07) is 0. The predicted octanol–water partition coefficient (Wildman–Crippen LogP) is 1.75. The quantitative estimate of drug-likeness (QED) is 0.453. The van der Waals surface area contributed by atoms with Gasteiger partial charge in [-0.1, -0.05) is 0 Å². The molecule has 0 aliphatic carbocycles. The second-order valence-electron chi connectivity index (χ2n) is 0.432. The van der Waals surface area contributed by atoms with Crippen LogP contribution in [0.3, 0.4) is 0 Å². The molecule has 0 atom stereocenters. The molecule has 0 aromatic carbocycles. The Morgan fingerprint density at radius 2 is 2.20 bits per heavy atom. The molecule has 0 fully saturated rings. The Kier molecular flexibility index (Phi) is 2.54. The molecule has 30 valence electrons. The first-order chi connectivity index (χ1) is 2.27. The fraction of sp³-hybridized carbons (Fsp3) is 0. The van der Waals surface area contributed by atoms with Crippen LogP contribution in [0.1, 0.15) is 0 Å². The maximum absolute atomic E-state index is 10.7. The summed E-state index contributed by atoms with van der Waals surface area (Å²) in [5, 5.41) is 7.83. The van der Waals surface area contributed by atoms with Crippen molar-refractivity contribution in [2.75, 3.05) is 0 Å². The van der Waals surface area contributed by atoms with E-state index in [1.807, 2.05) is 0 Å². The monoisotopic (exact) mass is 188 g/mol. The van der Waals surface area contributed by atoms with Gasteiger partial charge in [0.25, 0.3) is 0 Å². The van der Waals surface area contributed by atoms with Gasteiger partial charge in [-0.25, -0.2) is 4.39 Å². The van der Waals surface area contributed by atoms with Crippen LogP contribution in [0.2, 0.25) is 0 Å². The standard InChI is InChI=1S/C2H2FIO/c3-1-2(4)5/h1,5H. The Hall–Kier alpha value is 0.200. The van der Waals surface area contributed by atoms with Crippen molar-refractivity contribution in [1.82, 2.24) is 0 Å². The molecule has 0 unspecified atom stereocenters. The van der Waals surface area contributed by atoms with Crippen molar-refractivity contribution in [1.29, 1.82) is 0 Å². The highest BCUT2D eigenvalue weighted by atomic mass is 127. The molecule has 0 rings (SSSR count). The van der Waals surface area contributed by atoms with Gasteiger partial charge in [0.1, 0.15) is 6.33 Å². The number of halogens is 2. The summed E-state index contributed by atoms with van der Waals surface area (Å²) in [6.45, 7) is 0. The lowest BCUT2D eigenvalue weighted by molar-refractivity contribution is 0.449. The Morgan fingerprint density at radius 1 is 2.00 bits per heavy atom. The Morgan fingerprint density at radius 3 is 2.20 bits per heavy atom. The second-order valence-corrected chi connectivity index (χ2v) is 1.54. The molecule has 0 aromatic rings. The Labute approximate surface area is 42.6 Å². The van der Waals surface area contributed by atoms with Crippen LogP contribution >= 0.6 is 22.6 Å². The molecule has 0 aliphatic rings. The van der Waals surface area contributed by atoms with E-state index in [0.717, 1.165) is 0 Å². The summed E-state index contributed by atoms with van der Waals surface area (Å²) in [5.41, 5.74) is 0. The summed E-state index contributed by atoms with van der Waals surface area (Å²) in [4.78, 5) is 0. The van der Waals surface area contributed by atoms with Crippen molar-refractivity contribution in [3.8, 4) is 0 Å². The minimum Gasteiger partial charge on any atom is -0.501 e. The van der Waals surface area contributed by atoms with Gasteiger partial charge in [0.2, 0.25) is 0 Å². The molecule has 5 heavy (non-hydrogen) atoms. The van der Waals surface area contributed by atoms with Crippen LogP contribution in [-0.2, 0) is 0 Å².